The number of hydrogen-bond acceptors (Lipinski definition) is 3. The van der Waals surface area contributed by atoms with Crippen molar-refractivity contribution in [1.82, 2.24) is 9.55 Å². The second-order valence-corrected chi connectivity index (χ2v) is 7.78. The van der Waals surface area contributed by atoms with Gasteiger partial charge >= 0.3 is 0 Å². The number of hydrogen-bond donors (Lipinski definition) is 2. The van der Waals surface area contributed by atoms with E-state index in [9.17, 15) is 4.79 Å². The van der Waals surface area contributed by atoms with Crippen molar-refractivity contribution in [2.75, 3.05) is 13.1 Å². The molecule has 0 saturated carbocycles. The van der Waals surface area contributed by atoms with E-state index < -0.39 is 0 Å². The van der Waals surface area contributed by atoms with Gasteiger partial charge in [0, 0.05) is 6.42 Å². The molecule has 0 spiro atoms. The lowest BCUT2D eigenvalue weighted by Crippen LogP contribution is -3.11. The molecule has 24 heavy (non-hydrogen) atoms. The summed E-state index contributed by atoms with van der Waals surface area (Å²) in [6.07, 6.45) is 2.16. The van der Waals surface area contributed by atoms with E-state index in [0.29, 0.717) is 4.77 Å². The molecule has 3 heterocycles. The van der Waals surface area contributed by atoms with Gasteiger partial charge in [0.05, 0.1) is 29.0 Å². The van der Waals surface area contributed by atoms with Crippen LogP contribution in [-0.4, -0.2) is 22.6 Å². The van der Waals surface area contributed by atoms with Gasteiger partial charge in [0.1, 0.15) is 11.4 Å². The maximum absolute atomic E-state index is 13.2. The first-order valence-electron chi connectivity index (χ1n) is 8.37. The molecule has 0 aliphatic carbocycles. The summed E-state index contributed by atoms with van der Waals surface area (Å²) in [6, 6.07) is 9.63. The summed E-state index contributed by atoms with van der Waals surface area (Å²) >= 11 is 7.17. The van der Waals surface area contributed by atoms with Crippen LogP contribution in [0.4, 0.5) is 0 Å². The Morgan fingerprint density at radius 1 is 1.33 bits per heavy atom. The Balaban J connectivity index is 1.91. The molecular weight excluding hydrogens is 338 g/mol. The second kappa shape index (κ2) is 6.27. The quantitative estimate of drug-likeness (QED) is 0.706. The fourth-order valence-electron chi connectivity index (χ4n) is 3.59. The van der Waals surface area contributed by atoms with Gasteiger partial charge in [-0.2, -0.15) is 0 Å². The highest BCUT2D eigenvalue weighted by Crippen LogP contribution is 2.29. The maximum Gasteiger partial charge on any atom is 0.267 e. The van der Waals surface area contributed by atoms with Gasteiger partial charge in [-0.1, -0.05) is 25.1 Å². The zero-order chi connectivity index (χ0) is 16.7. The molecule has 0 saturated heterocycles. The number of nitrogens with one attached hydrogen (secondary N) is 2. The molecule has 1 aromatic carbocycles. The fraction of sp³-hybridized carbons (Fsp3) is 0.333. The minimum atomic E-state index is 0.0105. The molecule has 4 nitrogen and oxygen atoms in total. The van der Waals surface area contributed by atoms with E-state index in [1.807, 2.05) is 30.3 Å². The number of fused-ring (bicyclic) bond motifs is 3. The number of para-hydroxylation sites is 1. The average Bonchev–Trinajstić information content (AvgIpc) is 2.93. The number of nitrogens with zero attached hydrogens (tertiary/aromatic N) is 1. The Kier molecular flexibility index (Phi) is 4.12. The largest absolute Gasteiger partial charge is 0.330 e. The van der Waals surface area contributed by atoms with E-state index in [1.165, 1.54) is 23.4 Å². The molecule has 0 radical (unpaired) electrons. The standard InChI is InChI=1S/C18H19N3OS2/c1-2-9-20-10-8-13-14(11-20)24-16-15(13)17(22)21(18(23)19-16)12-6-4-3-5-7-12/h3-7H,2,8-11H2,1H3,(H,19,23)/p+1. The molecule has 1 aliphatic heterocycles. The molecule has 0 bridgehead atoms. The molecule has 4 rings (SSSR count). The van der Waals surface area contributed by atoms with E-state index in [4.69, 9.17) is 12.2 Å². The van der Waals surface area contributed by atoms with Gasteiger partial charge in [-0.05, 0) is 36.3 Å². The number of aromatic amines is 1. The van der Waals surface area contributed by atoms with E-state index >= 15 is 0 Å². The molecule has 2 aromatic heterocycles. The van der Waals surface area contributed by atoms with Crippen LogP contribution < -0.4 is 10.5 Å². The molecule has 0 amide bonds. The normalized spacial score (nSPS) is 17.1. The monoisotopic (exact) mass is 358 g/mol. The predicted octanol–water partition coefficient (Wildman–Crippen LogP) is 2.46. The van der Waals surface area contributed by atoms with Gasteiger partial charge in [-0.25, -0.2) is 0 Å². The summed E-state index contributed by atoms with van der Waals surface area (Å²) in [5.74, 6) is 0. The highest BCUT2D eigenvalue weighted by Gasteiger charge is 2.25. The maximum atomic E-state index is 13.2. The van der Waals surface area contributed by atoms with Crippen LogP contribution in [-0.2, 0) is 13.0 Å². The average molecular weight is 359 g/mol. The smallest absolute Gasteiger partial charge is 0.267 e. The summed E-state index contributed by atoms with van der Waals surface area (Å²) in [7, 11) is 0. The van der Waals surface area contributed by atoms with E-state index in [0.717, 1.165) is 35.4 Å². The van der Waals surface area contributed by atoms with Crippen LogP contribution in [0.5, 0.6) is 0 Å². The summed E-state index contributed by atoms with van der Waals surface area (Å²) in [4.78, 5) is 20.3. The van der Waals surface area contributed by atoms with Crippen LogP contribution in [0.15, 0.2) is 35.1 Å². The van der Waals surface area contributed by atoms with E-state index in [1.54, 1.807) is 20.8 Å². The third kappa shape index (κ3) is 2.55. The highest BCUT2D eigenvalue weighted by atomic mass is 32.1. The number of benzene rings is 1. The van der Waals surface area contributed by atoms with Crippen LogP contribution in [0.25, 0.3) is 15.9 Å². The SMILES string of the molecule is CCC[NH+]1CCc2c(sc3[nH]c(=S)n(-c4ccccc4)c(=O)c23)C1. The Hall–Kier alpha value is -1.76. The van der Waals surface area contributed by atoms with Gasteiger partial charge in [-0.3, -0.25) is 9.36 Å². The number of H-pyrrole nitrogens is 1. The Morgan fingerprint density at radius 2 is 2.12 bits per heavy atom. The van der Waals surface area contributed by atoms with Crippen molar-refractivity contribution in [3.63, 3.8) is 0 Å². The van der Waals surface area contributed by atoms with Gasteiger partial charge in [0.2, 0.25) is 0 Å². The van der Waals surface area contributed by atoms with Crippen molar-refractivity contribution < 1.29 is 4.90 Å². The molecule has 1 aliphatic rings. The molecule has 2 N–H and O–H groups in total. The zero-order valence-electron chi connectivity index (χ0n) is 13.6. The number of rotatable bonds is 3. The lowest BCUT2D eigenvalue weighted by atomic mass is 10.1. The third-order valence-corrected chi connectivity index (χ3v) is 6.12. The van der Waals surface area contributed by atoms with Crippen molar-refractivity contribution in [2.24, 2.45) is 0 Å². The van der Waals surface area contributed by atoms with Crippen molar-refractivity contribution in [2.45, 2.75) is 26.3 Å². The van der Waals surface area contributed by atoms with Crippen LogP contribution in [0.3, 0.4) is 0 Å². The van der Waals surface area contributed by atoms with Gasteiger partial charge < -0.3 is 9.88 Å². The van der Waals surface area contributed by atoms with Gasteiger partial charge in [0.25, 0.3) is 5.56 Å². The molecule has 124 valence electrons. The predicted molar refractivity (Wildman–Crippen MR) is 101 cm³/mol. The van der Waals surface area contributed by atoms with E-state index in [-0.39, 0.29) is 5.56 Å². The lowest BCUT2D eigenvalue weighted by molar-refractivity contribution is -0.915. The fourth-order valence-corrected chi connectivity index (χ4v) is 5.25. The molecule has 6 heteroatoms. The third-order valence-electron chi connectivity index (χ3n) is 4.69. The highest BCUT2D eigenvalue weighted by molar-refractivity contribution is 7.71. The Labute approximate surface area is 149 Å². The van der Waals surface area contributed by atoms with Crippen LogP contribution in [0.1, 0.15) is 23.8 Å². The Bertz CT molecular complexity index is 1000. The molecule has 1 unspecified atom stereocenters. The number of quaternary nitrogens is 1. The topological polar surface area (TPSA) is 42.2 Å². The first-order chi connectivity index (χ1) is 11.7. The Morgan fingerprint density at radius 3 is 2.88 bits per heavy atom. The lowest BCUT2D eigenvalue weighted by Gasteiger charge is -2.23. The van der Waals surface area contributed by atoms with Crippen molar-refractivity contribution in [1.29, 1.82) is 0 Å². The summed E-state index contributed by atoms with van der Waals surface area (Å²) in [5, 5.41) is 0.836. The summed E-state index contributed by atoms with van der Waals surface area (Å²) in [5.41, 5.74) is 2.06. The number of thiophene rings is 1. The minimum absolute atomic E-state index is 0.0105. The molecule has 0 fully saturated rings. The van der Waals surface area contributed by atoms with Crippen LogP contribution in [0, 0.1) is 4.77 Å². The van der Waals surface area contributed by atoms with E-state index in [2.05, 4.69) is 11.9 Å². The first kappa shape index (κ1) is 15.7. The summed E-state index contributed by atoms with van der Waals surface area (Å²) in [6.45, 7) is 5.54. The van der Waals surface area contributed by atoms with Crippen molar-refractivity contribution in [3.05, 3.63) is 55.9 Å². The summed E-state index contributed by atoms with van der Waals surface area (Å²) < 4.78 is 2.09. The zero-order valence-corrected chi connectivity index (χ0v) is 15.2. The van der Waals surface area contributed by atoms with Gasteiger partial charge in [-0.15, -0.1) is 11.3 Å². The molecular formula is C18H20N3OS2+. The molecule has 3 aromatic rings. The van der Waals surface area contributed by atoms with Crippen molar-refractivity contribution in [3.8, 4) is 5.69 Å². The van der Waals surface area contributed by atoms with Crippen LogP contribution in [0.2, 0.25) is 0 Å². The number of aromatic nitrogens is 2. The first-order valence-corrected chi connectivity index (χ1v) is 9.60. The molecule has 1 atom stereocenters. The van der Waals surface area contributed by atoms with Crippen LogP contribution >= 0.6 is 23.6 Å². The van der Waals surface area contributed by atoms with Crippen molar-refractivity contribution >= 4 is 33.8 Å². The van der Waals surface area contributed by atoms with Gasteiger partial charge in [0.15, 0.2) is 4.77 Å². The second-order valence-electron chi connectivity index (χ2n) is 6.29. The minimum Gasteiger partial charge on any atom is -0.330 e.